The van der Waals surface area contributed by atoms with Crippen LogP contribution in [0, 0.1) is 5.41 Å². The van der Waals surface area contributed by atoms with E-state index < -0.39 is 23.3 Å². The molecule has 0 radical (unpaired) electrons. The van der Waals surface area contributed by atoms with Gasteiger partial charge in [-0.1, -0.05) is 32.4 Å². The summed E-state index contributed by atoms with van der Waals surface area (Å²) in [5, 5.41) is 15.3. The van der Waals surface area contributed by atoms with Crippen LogP contribution in [0.15, 0.2) is 28.9 Å². The summed E-state index contributed by atoms with van der Waals surface area (Å²) in [6, 6.07) is 4.08. The topological polar surface area (TPSA) is 153 Å². The molecule has 1 saturated heterocycles. The number of ketones is 1. The van der Waals surface area contributed by atoms with Crippen molar-refractivity contribution < 1.29 is 19.1 Å². The van der Waals surface area contributed by atoms with Gasteiger partial charge in [0.25, 0.3) is 11.7 Å². The number of fused-ring (bicyclic) bond motifs is 2. The third-order valence-corrected chi connectivity index (χ3v) is 6.56. The van der Waals surface area contributed by atoms with Gasteiger partial charge in [-0.25, -0.2) is 24.4 Å². The van der Waals surface area contributed by atoms with Crippen LogP contribution in [0.1, 0.15) is 56.0 Å². The Bertz CT molecular complexity index is 1470. The minimum Gasteiger partial charge on any atom is -0.465 e. The number of hydrogen-bond acceptors (Lipinski definition) is 8. The van der Waals surface area contributed by atoms with Crippen LogP contribution in [0.5, 0.6) is 0 Å². The molecule has 4 heterocycles. The summed E-state index contributed by atoms with van der Waals surface area (Å²) >= 11 is 6.04. The first-order valence-electron chi connectivity index (χ1n) is 11.2. The monoisotopic (exact) mass is 497 g/mol. The van der Waals surface area contributed by atoms with E-state index in [1.807, 2.05) is 20.8 Å². The van der Waals surface area contributed by atoms with Crippen molar-refractivity contribution in [1.29, 1.82) is 0 Å². The van der Waals surface area contributed by atoms with E-state index in [0.29, 0.717) is 41.2 Å². The lowest BCUT2D eigenvalue weighted by molar-refractivity contribution is 0.0247. The van der Waals surface area contributed by atoms with Crippen molar-refractivity contribution in [2.24, 2.45) is 5.41 Å². The number of carbonyl (C=O) groups is 2. The van der Waals surface area contributed by atoms with Crippen molar-refractivity contribution in [2.75, 3.05) is 12.3 Å². The molecule has 35 heavy (non-hydrogen) atoms. The first-order chi connectivity index (χ1) is 16.6. The summed E-state index contributed by atoms with van der Waals surface area (Å²) in [5.74, 6) is -0.664. The molecule has 1 fully saturated rings. The van der Waals surface area contributed by atoms with E-state index in [2.05, 4.69) is 20.1 Å². The van der Waals surface area contributed by atoms with Gasteiger partial charge in [-0.2, -0.15) is 5.10 Å². The predicted octanol–water partition coefficient (Wildman–Crippen LogP) is 4.16. The Morgan fingerprint density at radius 3 is 2.74 bits per heavy atom. The van der Waals surface area contributed by atoms with Gasteiger partial charge in [0.15, 0.2) is 16.9 Å². The third kappa shape index (κ3) is 3.85. The molecule has 1 aliphatic heterocycles. The van der Waals surface area contributed by atoms with Crippen LogP contribution in [0.2, 0.25) is 5.02 Å². The maximum absolute atomic E-state index is 13.5. The Morgan fingerprint density at radius 1 is 1.26 bits per heavy atom. The number of anilines is 1. The van der Waals surface area contributed by atoms with Gasteiger partial charge in [-0.05, 0) is 36.5 Å². The molecule has 3 aromatic heterocycles. The number of nitrogens with two attached hydrogens (primary N) is 1. The number of aromatic nitrogens is 5. The summed E-state index contributed by atoms with van der Waals surface area (Å²) in [4.78, 5) is 39.8. The van der Waals surface area contributed by atoms with Gasteiger partial charge in [0.2, 0.25) is 0 Å². The molecule has 11 nitrogen and oxygen atoms in total. The number of oxazole rings is 1. The van der Waals surface area contributed by atoms with E-state index >= 15 is 0 Å². The molecule has 2 atom stereocenters. The number of halogens is 1. The third-order valence-electron chi connectivity index (χ3n) is 6.32. The fraction of sp³-hybridized carbons (Fsp3) is 0.391. The smallest absolute Gasteiger partial charge is 0.407 e. The van der Waals surface area contributed by atoms with Crippen LogP contribution >= 0.6 is 11.6 Å². The Hall–Kier alpha value is -3.73. The van der Waals surface area contributed by atoms with E-state index in [9.17, 15) is 14.7 Å². The number of rotatable bonds is 3. The quantitative estimate of drug-likeness (QED) is 0.397. The maximum Gasteiger partial charge on any atom is 0.407 e. The lowest BCUT2D eigenvalue weighted by atomic mass is 9.77. The Kier molecular flexibility index (Phi) is 5.39. The average molecular weight is 498 g/mol. The second kappa shape index (κ2) is 8.19. The van der Waals surface area contributed by atoms with E-state index in [1.165, 1.54) is 11.2 Å². The standard InChI is InChI=1S/C23H24ClN7O4/c1-23(2,3)18-13(5-4-8-30(18)22(33)34)31-20-15(19(25)26-10-27-20)16(29-31)17(32)21-28-12-9-11(24)6-7-14(12)35-21/h6-7,9-10,13,18H,4-5,8H2,1-3H3,(H,33,34)(H2,25,26,27). The molecule has 0 aliphatic carbocycles. The van der Waals surface area contributed by atoms with Crippen molar-refractivity contribution in [1.82, 2.24) is 29.6 Å². The maximum atomic E-state index is 13.5. The fourth-order valence-electron chi connectivity index (χ4n) is 4.98. The van der Waals surface area contributed by atoms with Gasteiger partial charge in [0.1, 0.15) is 17.7 Å². The summed E-state index contributed by atoms with van der Waals surface area (Å²) < 4.78 is 7.29. The van der Waals surface area contributed by atoms with Crippen LogP contribution in [0.4, 0.5) is 10.6 Å². The summed E-state index contributed by atoms with van der Waals surface area (Å²) in [6.07, 6.45) is 1.60. The summed E-state index contributed by atoms with van der Waals surface area (Å²) in [7, 11) is 0. The van der Waals surface area contributed by atoms with Crippen molar-refractivity contribution in [3.8, 4) is 0 Å². The van der Waals surface area contributed by atoms with Crippen molar-refractivity contribution in [2.45, 2.75) is 45.7 Å². The second-order valence-corrected chi connectivity index (χ2v) is 10.1. The number of carboxylic acid groups (broad SMARTS) is 1. The highest BCUT2D eigenvalue weighted by atomic mass is 35.5. The molecule has 4 aromatic rings. The Labute approximate surface area is 204 Å². The molecular weight excluding hydrogens is 474 g/mol. The number of carbonyl (C=O) groups excluding carboxylic acids is 1. The largest absolute Gasteiger partial charge is 0.465 e. The van der Waals surface area contributed by atoms with Crippen molar-refractivity contribution >= 4 is 51.4 Å². The van der Waals surface area contributed by atoms with Gasteiger partial charge in [-0.15, -0.1) is 0 Å². The Morgan fingerprint density at radius 2 is 2.03 bits per heavy atom. The van der Waals surface area contributed by atoms with Gasteiger partial charge in [0, 0.05) is 11.6 Å². The highest BCUT2D eigenvalue weighted by Crippen LogP contribution is 2.40. The number of likely N-dealkylation sites (tertiary alicyclic amines) is 1. The number of nitrogens with zero attached hydrogens (tertiary/aromatic N) is 6. The van der Waals surface area contributed by atoms with Crippen molar-refractivity contribution in [3.63, 3.8) is 0 Å². The summed E-state index contributed by atoms with van der Waals surface area (Å²) in [6.45, 7) is 6.37. The first kappa shape index (κ1) is 23.0. The predicted molar refractivity (Wildman–Crippen MR) is 128 cm³/mol. The van der Waals surface area contributed by atoms with Gasteiger partial charge in [-0.3, -0.25) is 4.79 Å². The average Bonchev–Trinajstić information content (AvgIpc) is 3.39. The first-order valence-corrected chi connectivity index (χ1v) is 11.5. The van der Waals surface area contributed by atoms with Crippen LogP contribution < -0.4 is 5.73 Å². The molecule has 182 valence electrons. The van der Waals surface area contributed by atoms with E-state index in [-0.39, 0.29) is 28.8 Å². The lowest BCUT2D eigenvalue weighted by Gasteiger charge is -2.46. The summed E-state index contributed by atoms with van der Waals surface area (Å²) in [5.41, 5.74) is 6.96. The van der Waals surface area contributed by atoms with Crippen LogP contribution in [-0.4, -0.2) is 59.2 Å². The molecule has 1 aliphatic rings. The molecule has 1 amide bonds. The number of amides is 1. The zero-order valence-electron chi connectivity index (χ0n) is 19.4. The van der Waals surface area contributed by atoms with Crippen LogP contribution in [0.25, 0.3) is 22.1 Å². The van der Waals surface area contributed by atoms with E-state index in [0.717, 1.165) is 0 Å². The molecule has 0 saturated carbocycles. The highest BCUT2D eigenvalue weighted by Gasteiger charge is 2.44. The number of nitrogen functional groups attached to an aromatic ring is 1. The van der Waals surface area contributed by atoms with Crippen molar-refractivity contribution in [3.05, 3.63) is 41.1 Å². The second-order valence-electron chi connectivity index (χ2n) is 9.71. The number of benzene rings is 1. The molecule has 1 aromatic carbocycles. The SMILES string of the molecule is CC(C)(C)C1C(n2nc(C(=O)c3nc4cc(Cl)ccc4o3)c3c(N)ncnc32)CCCN1C(=O)O. The van der Waals surface area contributed by atoms with Crippen LogP contribution in [0.3, 0.4) is 0 Å². The molecule has 5 rings (SSSR count). The molecule has 2 unspecified atom stereocenters. The normalized spacial score (nSPS) is 18.9. The lowest BCUT2D eigenvalue weighted by Crippen LogP contribution is -2.54. The van der Waals surface area contributed by atoms with Crippen LogP contribution in [-0.2, 0) is 0 Å². The molecule has 0 spiro atoms. The highest BCUT2D eigenvalue weighted by molar-refractivity contribution is 6.31. The zero-order valence-corrected chi connectivity index (χ0v) is 20.2. The minimum absolute atomic E-state index is 0.00383. The molecule has 0 bridgehead atoms. The molecular formula is C23H24ClN7O4. The van der Waals surface area contributed by atoms with Gasteiger partial charge >= 0.3 is 6.09 Å². The van der Waals surface area contributed by atoms with Gasteiger partial charge in [0.05, 0.1) is 17.5 Å². The number of hydrogen-bond donors (Lipinski definition) is 2. The van der Waals surface area contributed by atoms with Gasteiger partial charge < -0.3 is 20.2 Å². The fourth-order valence-corrected chi connectivity index (χ4v) is 5.14. The number of piperidine rings is 1. The zero-order chi connectivity index (χ0) is 25.1. The Balaban J connectivity index is 1.67. The molecule has 12 heteroatoms. The minimum atomic E-state index is -0.998. The van der Waals surface area contributed by atoms with E-state index in [1.54, 1.807) is 22.9 Å². The molecule has 3 N–H and O–H groups in total. The van der Waals surface area contributed by atoms with E-state index in [4.69, 9.17) is 21.8 Å².